The molecule has 0 radical (unpaired) electrons. The fraction of sp³-hybridized carbons (Fsp3) is 0. The van der Waals surface area contributed by atoms with Crippen molar-refractivity contribution >= 4 is 50.6 Å². The van der Waals surface area contributed by atoms with Crippen molar-refractivity contribution in [1.29, 1.82) is 0 Å². The lowest BCUT2D eigenvalue weighted by molar-refractivity contribution is -0.131. The summed E-state index contributed by atoms with van der Waals surface area (Å²) in [4.78, 5) is 15.7. The van der Waals surface area contributed by atoms with Gasteiger partial charge in [0, 0.05) is 21.3 Å². The van der Waals surface area contributed by atoms with Crippen LogP contribution >= 0.6 is 38.6 Å². The Bertz CT molecular complexity index is 545. The van der Waals surface area contributed by atoms with Crippen molar-refractivity contribution in [2.24, 2.45) is 0 Å². The third-order valence-electron chi connectivity index (χ3n) is 1.71. The summed E-state index contributed by atoms with van der Waals surface area (Å²) in [5.41, 5.74) is 0.880. The second kappa shape index (κ2) is 4.90. The fourth-order valence-electron chi connectivity index (χ4n) is 1.07. The maximum absolute atomic E-state index is 10.3. The van der Waals surface area contributed by atoms with Crippen LogP contribution in [0.2, 0.25) is 0 Å². The van der Waals surface area contributed by atoms with Crippen LogP contribution in [-0.2, 0) is 4.79 Å². The van der Waals surface area contributed by atoms with E-state index in [1.54, 1.807) is 11.3 Å². The molecule has 0 bridgehead atoms. The van der Waals surface area contributed by atoms with Crippen molar-refractivity contribution in [3.63, 3.8) is 0 Å². The van der Waals surface area contributed by atoms with Crippen LogP contribution in [0.4, 0.5) is 0 Å². The number of carbonyl (C=O) groups is 1. The van der Waals surface area contributed by atoms with Gasteiger partial charge in [0.05, 0.1) is 10.6 Å². The Morgan fingerprint density at radius 1 is 1.44 bits per heavy atom. The van der Waals surface area contributed by atoms with E-state index in [0.717, 1.165) is 21.1 Å². The van der Waals surface area contributed by atoms with Gasteiger partial charge in [-0.2, -0.15) is 0 Å². The van der Waals surface area contributed by atoms with Gasteiger partial charge in [-0.25, -0.2) is 9.78 Å². The highest BCUT2D eigenvalue weighted by atomic mass is 79.9. The summed E-state index contributed by atoms with van der Waals surface area (Å²) in [5.74, 6) is -0.962. The SMILES string of the molecule is O=C(O)/C=C/c1nc(-c2cc(Br)cs2)cs1. The molecule has 0 atom stereocenters. The van der Waals surface area contributed by atoms with Crippen molar-refractivity contribution in [3.8, 4) is 10.6 Å². The highest BCUT2D eigenvalue weighted by Gasteiger charge is 2.05. The smallest absolute Gasteiger partial charge is 0.328 e. The van der Waals surface area contributed by atoms with Gasteiger partial charge in [-0.3, -0.25) is 0 Å². The Kier molecular flexibility index (Phi) is 3.52. The quantitative estimate of drug-likeness (QED) is 0.878. The monoisotopic (exact) mass is 315 g/mol. The minimum absolute atomic E-state index is 0.696. The van der Waals surface area contributed by atoms with Gasteiger partial charge in [0.15, 0.2) is 0 Å². The molecule has 0 aliphatic rings. The van der Waals surface area contributed by atoms with E-state index >= 15 is 0 Å². The molecule has 16 heavy (non-hydrogen) atoms. The van der Waals surface area contributed by atoms with Gasteiger partial charge in [-0.1, -0.05) is 0 Å². The number of carboxylic acids is 1. The summed E-state index contributed by atoms with van der Waals surface area (Å²) in [7, 11) is 0. The molecule has 3 nitrogen and oxygen atoms in total. The number of thiophene rings is 1. The minimum atomic E-state index is -0.962. The van der Waals surface area contributed by atoms with Crippen LogP contribution in [0.1, 0.15) is 5.01 Å². The van der Waals surface area contributed by atoms with E-state index in [-0.39, 0.29) is 0 Å². The van der Waals surface area contributed by atoms with Gasteiger partial charge in [0.25, 0.3) is 0 Å². The largest absolute Gasteiger partial charge is 0.478 e. The molecule has 0 aliphatic carbocycles. The van der Waals surface area contributed by atoms with Gasteiger partial charge < -0.3 is 5.11 Å². The average molecular weight is 316 g/mol. The van der Waals surface area contributed by atoms with Gasteiger partial charge >= 0.3 is 5.97 Å². The van der Waals surface area contributed by atoms with E-state index in [1.807, 2.05) is 16.8 Å². The first kappa shape index (κ1) is 11.5. The summed E-state index contributed by atoms with van der Waals surface area (Å²) in [6, 6.07) is 1.99. The lowest BCUT2D eigenvalue weighted by Crippen LogP contribution is -1.85. The molecule has 2 rings (SSSR count). The molecule has 2 aromatic rings. The van der Waals surface area contributed by atoms with E-state index in [1.165, 1.54) is 17.4 Å². The molecular formula is C10H6BrNO2S2. The number of aromatic nitrogens is 1. The first-order valence-electron chi connectivity index (χ1n) is 4.26. The number of hydrogen-bond acceptors (Lipinski definition) is 4. The summed E-state index contributed by atoms with van der Waals surface area (Å²) >= 11 is 6.40. The Morgan fingerprint density at radius 3 is 2.88 bits per heavy atom. The summed E-state index contributed by atoms with van der Waals surface area (Å²) in [5, 5.41) is 13.1. The summed E-state index contributed by atoms with van der Waals surface area (Å²) in [6.07, 6.45) is 2.59. The zero-order valence-corrected chi connectivity index (χ0v) is 11.1. The molecule has 0 saturated carbocycles. The maximum atomic E-state index is 10.3. The molecule has 2 aromatic heterocycles. The van der Waals surface area contributed by atoms with Crippen LogP contribution in [0.3, 0.4) is 0 Å². The Balaban J connectivity index is 2.23. The molecule has 0 spiro atoms. The highest BCUT2D eigenvalue weighted by molar-refractivity contribution is 9.10. The van der Waals surface area contributed by atoms with Gasteiger partial charge in [-0.15, -0.1) is 22.7 Å². The number of carboxylic acid groups (broad SMARTS) is 1. The third kappa shape index (κ3) is 2.78. The van der Waals surface area contributed by atoms with Crippen molar-refractivity contribution in [2.75, 3.05) is 0 Å². The molecule has 0 unspecified atom stereocenters. The molecule has 2 heterocycles. The van der Waals surface area contributed by atoms with Crippen molar-refractivity contribution in [2.45, 2.75) is 0 Å². The van der Waals surface area contributed by atoms with Crippen LogP contribution in [0.15, 0.2) is 27.4 Å². The molecule has 0 amide bonds. The van der Waals surface area contributed by atoms with Gasteiger partial charge in [0.2, 0.25) is 0 Å². The zero-order valence-electron chi connectivity index (χ0n) is 7.88. The van der Waals surface area contributed by atoms with Crippen LogP contribution in [0, 0.1) is 0 Å². The van der Waals surface area contributed by atoms with Crippen molar-refractivity contribution < 1.29 is 9.90 Å². The Labute approximate surface area is 108 Å². The first-order valence-corrected chi connectivity index (χ1v) is 6.81. The topological polar surface area (TPSA) is 50.2 Å². The van der Waals surface area contributed by atoms with E-state index < -0.39 is 5.97 Å². The van der Waals surface area contributed by atoms with E-state index in [0.29, 0.717) is 5.01 Å². The normalized spacial score (nSPS) is 11.1. The molecule has 0 fully saturated rings. The maximum Gasteiger partial charge on any atom is 0.328 e. The predicted molar refractivity (Wildman–Crippen MR) is 69.8 cm³/mol. The number of aliphatic carboxylic acids is 1. The van der Waals surface area contributed by atoms with Crippen molar-refractivity contribution in [3.05, 3.63) is 32.4 Å². The van der Waals surface area contributed by atoms with Gasteiger partial charge in [-0.05, 0) is 28.1 Å². The number of rotatable bonds is 3. The third-order valence-corrected chi connectivity index (χ3v) is 4.23. The predicted octanol–water partition coefficient (Wildman–Crippen LogP) is 3.73. The summed E-state index contributed by atoms with van der Waals surface area (Å²) in [6.45, 7) is 0. The zero-order chi connectivity index (χ0) is 11.5. The second-order valence-electron chi connectivity index (χ2n) is 2.87. The van der Waals surface area contributed by atoms with E-state index in [9.17, 15) is 4.79 Å². The number of nitrogens with zero attached hydrogens (tertiary/aromatic N) is 1. The second-order valence-corrected chi connectivity index (χ2v) is 5.59. The lowest BCUT2D eigenvalue weighted by Gasteiger charge is -1.86. The van der Waals surface area contributed by atoms with E-state index in [2.05, 4.69) is 20.9 Å². The Hall–Kier alpha value is -0.980. The molecule has 0 saturated heterocycles. The van der Waals surface area contributed by atoms with Crippen molar-refractivity contribution in [1.82, 2.24) is 4.98 Å². The molecule has 6 heteroatoms. The molecule has 82 valence electrons. The van der Waals surface area contributed by atoms with Crippen LogP contribution < -0.4 is 0 Å². The average Bonchev–Trinajstić information content (AvgIpc) is 2.83. The fourth-order valence-corrected chi connectivity index (χ4v) is 3.24. The molecule has 1 N–H and O–H groups in total. The first-order chi connectivity index (χ1) is 7.65. The minimum Gasteiger partial charge on any atom is -0.478 e. The van der Waals surface area contributed by atoms with E-state index in [4.69, 9.17) is 5.11 Å². The number of hydrogen-bond donors (Lipinski definition) is 1. The standard InChI is InChI=1S/C10H6BrNO2S2/c11-6-3-8(15-4-6)7-5-16-9(12-7)1-2-10(13)14/h1-5H,(H,13,14)/b2-1+. The number of halogens is 1. The molecular weight excluding hydrogens is 310 g/mol. The Morgan fingerprint density at radius 2 is 2.25 bits per heavy atom. The highest BCUT2D eigenvalue weighted by Crippen LogP contribution is 2.30. The van der Waals surface area contributed by atoms with Crippen LogP contribution in [0.25, 0.3) is 16.6 Å². The lowest BCUT2D eigenvalue weighted by atomic mass is 10.4. The van der Waals surface area contributed by atoms with Crippen LogP contribution in [0.5, 0.6) is 0 Å². The van der Waals surface area contributed by atoms with Gasteiger partial charge in [0.1, 0.15) is 5.01 Å². The molecule has 0 aliphatic heterocycles. The summed E-state index contributed by atoms with van der Waals surface area (Å²) < 4.78 is 1.03. The number of thiazole rings is 1. The van der Waals surface area contributed by atoms with Crippen LogP contribution in [-0.4, -0.2) is 16.1 Å². The molecule has 0 aromatic carbocycles.